The number of aromatic nitrogens is 1. The first-order chi connectivity index (χ1) is 6.70. The molecule has 1 aliphatic rings. The van der Waals surface area contributed by atoms with E-state index in [1.54, 1.807) is 31.6 Å². The second-order valence-corrected chi connectivity index (χ2v) is 3.09. The standard InChI is InChI=1S/C9H9N3O2/c1-12-7(8(13)11-9(12)14)6-3-2-4-10-5-6/h2-5,7H,1H3,(H,11,13,14). The lowest BCUT2D eigenvalue weighted by molar-refractivity contribution is -0.121. The molecular weight excluding hydrogens is 182 g/mol. The van der Waals surface area contributed by atoms with Gasteiger partial charge in [0.2, 0.25) is 0 Å². The van der Waals surface area contributed by atoms with Crippen LogP contribution in [0.5, 0.6) is 0 Å². The second kappa shape index (κ2) is 3.10. The van der Waals surface area contributed by atoms with Crippen molar-refractivity contribution in [2.24, 2.45) is 0 Å². The van der Waals surface area contributed by atoms with Crippen LogP contribution in [-0.2, 0) is 4.79 Å². The van der Waals surface area contributed by atoms with Crippen molar-refractivity contribution in [3.05, 3.63) is 30.1 Å². The molecule has 72 valence electrons. The molecule has 2 rings (SSSR count). The van der Waals surface area contributed by atoms with Gasteiger partial charge in [-0.05, 0) is 6.07 Å². The first kappa shape index (κ1) is 8.68. The SMILES string of the molecule is CN1C(=O)NC(=O)C1c1cccnc1. The summed E-state index contributed by atoms with van der Waals surface area (Å²) >= 11 is 0. The van der Waals surface area contributed by atoms with Gasteiger partial charge < -0.3 is 4.90 Å². The lowest BCUT2D eigenvalue weighted by Crippen LogP contribution is -2.25. The van der Waals surface area contributed by atoms with Crippen LogP contribution in [0, 0.1) is 0 Å². The van der Waals surface area contributed by atoms with Crippen molar-refractivity contribution in [2.75, 3.05) is 7.05 Å². The summed E-state index contributed by atoms with van der Waals surface area (Å²) in [7, 11) is 1.58. The molecule has 0 saturated carbocycles. The molecule has 5 nitrogen and oxygen atoms in total. The third kappa shape index (κ3) is 1.22. The molecule has 1 unspecified atom stereocenters. The number of carbonyl (C=O) groups is 2. The van der Waals surface area contributed by atoms with Crippen molar-refractivity contribution in [1.82, 2.24) is 15.2 Å². The molecule has 1 saturated heterocycles. The highest BCUT2D eigenvalue weighted by molar-refractivity contribution is 6.04. The van der Waals surface area contributed by atoms with E-state index in [0.717, 1.165) is 5.56 Å². The van der Waals surface area contributed by atoms with E-state index < -0.39 is 6.04 Å². The van der Waals surface area contributed by atoms with Crippen molar-refractivity contribution in [1.29, 1.82) is 0 Å². The minimum absolute atomic E-state index is 0.300. The Hall–Kier alpha value is -1.91. The highest BCUT2D eigenvalue weighted by Gasteiger charge is 2.36. The van der Waals surface area contributed by atoms with E-state index in [0.29, 0.717) is 0 Å². The lowest BCUT2D eigenvalue weighted by atomic mass is 10.1. The Morgan fingerprint density at radius 1 is 1.50 bits per heavy atom. The molecule has 1 fully saturated rings. The first-order valence-corrected chi connectivity index (χ1v) is 4.18. The van der Waals surface area contributed by atoms with Crippen LogP contribution in [-0.4, -0.2) is 28.9 Å². The summed E-state index contributed by atoms with van der Waals surface area (Å²) in [6, 6.07) is 2.59. The third-order valence-corrected chi connectivity index (χ3v) is 2.19. The van der Waals surface area contributed by atoms with Gasteiger partial charge in [-0.2, -0.15) is 0 Å². The van der Waals surface area contributed by atoms with Crippen LogP contribution in [0.2, 0.25) is 0 Å². The topological polar surface area (TPSA) is 62.3 Å². The van der Waals surface area contributed by atoms with Gasteiger partial charge in [-0.25, -0.2) is 4.79 Å². The number of hydrogen-bond acceptors (Lipinski definition) is 3. The Bertz CT molecular complexity index is 377. The van der Waals surface area contributed by atoms with Crippen molar-refractivity contribution in [2.45, 2.75) is 6.04 Å². The maximum atomic E-state index is 11.4. The van der Waals surface area contributed by atoms with Gasteiger partial charge in [-0.1, -0.05) is 6.07 Å². The van der Waals surface area contributed by atoms with Crippen molar-refractivity contribution >= 4 is 11.9 Å². The zero-order valence-corrected chi connectivity index (χ0v) is 7.60. The van der Waals surface area contributed by atoms with E-state index in [1.807, 2.05) is 0 Å². The van der Waals surface area contributed by atoms with Crippen molar-refractivity contribution in [3.63, 3.8) is 0 Å². The Morgan fingerprint density at radius 3 is 2.79 bits per heavy atom. The maximum absolute atomic E-state index is 11.4. The van der Waals surface area contributed by atoms with Crippen LogP contribution >= 0.6 is 0 Å². The molecule has 0 aromatic carbocycles. The fraction of sp³-hybridized carbons (Fsp3) is 0.222. The summed E-state index contributed by atoms with van der Waals surface area (Å²) in [4.78, 5) is 27.8. The third-order valence-electron chi connectivity index (χ3n) is 2.19. The molecule has 3 amide bonds. The van der Waals surface area contributed by atoms with Crippen molar-refractivity contribution < 1.29 is 9.59 Å². The Balaban J connectivity index is 2.36. The molecule has 0 radical (unpaired) electrons. The molecule has 1 aromatic heterocycles. The minimum atomic E-state index is -0.545. The molecule has 0 spiro atoms. The van der Waals surface area contributed by atoms with Gasteiger partial charge in [0, 0.05) is 25.0 Å². The van der Waals surface area contributed by atoms with E-state index in [2.05, 4.69) is 10.3 Å². The predicted octanol–water partition coefficient (Wildman–Crippen LogP) is 0.304. The van der Waals surface area contributed by atoms with Crippen LogP contribution in [0.15, 0.2) is 24.5 Å². The highest BCUT2D eigenvalue weighted by Crippen LogP contribution is 2.22. The molecule has 0 aliphatic carbocycles. The van der Waals surface area contributed by atoms with Gasteiger partial charge >= 0.3 is 6.03 Å². The summed E-state index contributed by atoms with van der Waals surface area (Å²) in [6.45, 7) is 0. The van der Waals surface area contributed by atoms with E-state index in [4.69, 9.17) is 0 Å². The molecule has 5 heteroatoms. The van der Waals surface area contributed by atoms with Crippen LogP contribution in [0.4, 0.5) is 4.79 Å². The number of imide groups is 1. The minimum Gasteiger partial charge on any atom is -0.311 e. The van der Waals surface area contributed by atoms with E-state index in [9.17, 15) is 9.59 Å². The molecule has 1 atom stereocenters. The zero-order valence-electron chi connectivity index (χ0n) is 7.60. The van der Waals surface area contributed by atoms with E-state index in [-0.39, 0.29) is 11.9 Å². The number of urea groups is 1. The number of likely N-dealkylation sites (N-methyl/N-ethyl adjacent to an activating group) is 1. The van der Waals surface area contributed by atoms with Crippen LogP contribution in [0.1, 0.15) is 11.6 Å². The van der Waals surface area contributed by atoms with Crippen LogP contribution in [0.3, 0.4) is 0 Å². The first-order valence-electron chi connectivity index (χ1n) is 4.18. The Morgan fingerprint density at radius 2 is 2.29 bits per heavy atom. The van der Waals surface area contributed by atoms with Crippen LogP contribution in [0.25, 0.3) is 0 Å². The molecule has 0 bridgehead atoms. The maximum Gasteiger partial charge on any atom is 0.324 e. The summed E-state index contributed by atoms with van der Waals surface area (Å²) in [5.41, 5.74) is 0.721. The highest BCUT2D eigenvalue weighted by atomic mass is 16.2. The van der Waals surface area contributed by atoms with Gasteiger partial charge in [0.15, 0.2) is 0 Å². The number of pyridine rings is 1. The van der Waals surface area contributed by atoms with Gasteiger partial charge in [-0.3, -0.25) is 15.1 Å². The van der Waals surface area contributed by atoms with Gasteiger partial charge in [0.25, 0.3) is 5.91 Å². The average Bonchev–Trinajstić information content (AvgIpc) is 2.43. The normalized spacial score (nSPS) is 21.2. The summed E-state index contributed by atoms with van der Waals surface area (Å²) in [5.74, 6) is -0.300. The molecular formula is C9H9N3O2. The molecule has 14 heavy (non-hydrogen) atoms. The van der Waals surface area contributed by atoms with Gasteiger partial charge in [0.05, 0.1) is 0 Å². The average molecular weight is 191 g/mol. The van der Waals surface area contributed by atoms with Gasteiger partial charge in [-0.15, -0.1) is 0 Å². The Labute approximate surface area is 80.7 Å². The predicted molar refractivity (Wildman–Crippen MR) is 48.3 cm³/mol. The van der Waals surface area contributed by atoms with E-state index in [1.165, 1.54) is 4.90 Å². The number of nitrogens with one attached hydrogen (secondary N) is 1. The number of rotatable bonds is 1. The molecule has 1 N–H and O–H groups in total. The number of amides is 3. The van der Waals surface area contributed by atoms with E-state index >= 15 is 0 Å². The fourth-order valence-corrected chi connectivity index (χ4v) is 1.47. The summed E-state index contributed by atoms with van der Waals surface area (Å²) in [5, 5.41) is 2.24. The monoisotopic (exact) mass is 191 g/mol. The molecule has 2 heterocycles. The number of carbonyl (C=O) groups excluding carboxylic acids is 2. The quantitative estimate of drug-likeness (QED) is 0.649. The van der Waals surface area contributed by atoms with Gasteiger partial charge in [0.1, 0.15) is 6.04 Å². The fourth-order valence-electron chi connectivity index (χ4n) is 1.47. The Kier molecular flexibility index (Phi) is 1.92. The number of nitrogens with zero attached hydrogens (tertiary/aromatic N) is 2. The largest absolute Gasteiger partial charge is 0.324 e. The summed E-state index contributed by atoms with van der Waals surface area (Å²) < 4.78 is 0. The second-order valence-electron chi connectivity index (χ2n) is 3.09. The van der Waals surface area contributed by atoms with Crippen LogP contribution < -0.4 is 5.32 Å². The number of hydrogen-bond donors (Lipinski definition) is 1. The van der Waals surface area contributed by atoms with Crippen molar-refractivity contribution in [3.8, 4) is 0 Å². The smallest absolute Gasteiger partial charge is 0.311 e. The summed E-state index contributed by atoms with van der Waals surface area (Å²) in [6.07, 6.45) is 3.21. The zero-order chi connectivity index (χ0) is 10.1. The molecule has 1 aliphatic heterocycles. The lowest BCUT2D eigenvalue weighted by Gasteiger charge is -2.15. The molecule has 1 aromatic rings.